The second-order valence-electron chi connectivity index (χ2n) is 7.57. The van der Waals surface area contributed by atoms with E-state index in [2.05, 4.69) is 40.1 Å². The third-order valence-corrected chi connectivity index (χ3v) is 5.71. The number of hydrogen-bond donors (Lipinski definition) is 0. The van der Waals surface area contributed by atoms with E-state index in [9.17, 15) is 4.79 Å². The van der Waals surface area contributed by atoms with Crippen molar-refractivity contribution in [3.63, 3.8) is 0 Å². The molecule has 1 aliphatic rings. The average Bonchev–Trinajstić information content (AvgIpc) is 3.14. The Morgan fingerprint density at radius 1 is 1.07 bits per heavy atom. The number of piperazine rings is 1. The molecular formula is C23H27N5O. The summed E-state index contributed by atoms with van der Waals surface area (Å²) in [4.78, 5) is 21.4. The molecule has 1 aliphatic heterocycles. The van der Waals surface area contributed by atoms with Gasteiger partial charge in [-0.15, -0.1) is 0 Å². The van der Waals surface area contributed by atoms with Crippen molar-refractivity contribution >= 4 is 5.91 Å². The zero-order valence-electron chi connectivity index (χ0n) is 17.0. The first kappa shape index (κ1) is 19.3. The molecule has 1 fully saturated rings. The smallest absolute Gasteiger partial charge is 0.244 e. The highest BCUT2D eigenvalue weighted by molar-refractivity contribution is 5.76. The van der Waals surface area contributed by atoms with Crippen LogP contribution < -0.4 is 0 Å². The molecule has 0 aliphatic carbocycles. The minimum atomic E-state index is 0.126. The van der Waals surface area contributed by atoms with Gasteiger partial charge in [0.05, 0.1) is 5.69 Å². The van der Waals surface area contributed by atoms with E-state index >= 15 is 0 Å². The number of aryl methyl sites for hydroxylation is 1. The summed E-state index contributed by atoms with van der Waals surface area (Å²) in [6.07, 6.45) is 5.70. The van der Waals surface area contributed by atoms with Crippen LogP contribution in [0.25, 0.3) is 11.1 Å². The molecule has 29 heavy (non-hydrogen) atoms. The molecule has 0 spiro atoms. The molecule has 150 valence electrons. The van der Waals surface area contributed by atoms with Crippen molar-refractivity contribution in [1.82, 2.24) is 24.6 Å². The quantitative estimate of drug-likeness (QED) is 0.673. The van der Waals surface area contributed by atoms with Crippen molar-refractivity contribution in [3.05, 3.63) is 72.3 Å². The van der Waals surface area contributed by atoms with Crippen LogP contribution in [-0.2, 0) is 11.3 Å². The van der Waals surface area contributed by atoms with Gasteiger partial charge in [-0.05, 0) is 31.0 Å². The fourth-order valence-corrected chi connectivity index (χ4v) is 3.93. The number of carbonyl (C=O) groups is 1. The summed E-state index contributed by atoms with van der Waals surface area (Å²) < 4.78 is 1.77. The lowest BCUT2D eigenvalue weighted by Gasteiger charge is -2.38. The molecule has 3 aromatic rings. The number of aromatic nitrogens is 3. The highest BCUT2D eigenvalue weighted by Crippen LogP contribution is 2.23. The third kappa shape index (κ3) is 4.38. The fraction of sp³-hybridized carbons (Fsp3) is 0.348. The van der Waals surface area contributed by atoms with E-state index in [-0.39, 0.29) is 12.5 Å². The molecule has 6 heteroatoms. The Bertz CT molecular complexity index is 946. The van der Waals surface area contributed by atoms with Crippen molar-refractivity contribution in [2.24, 2.45) is 0 Å². The van der Waals surface area contributed by atoms with Gasteiger partial charge in [-0.3, -0.25) is 19.4 Å². The maximum atomic E-state index is 12.8. The summed E-state index contributed by atoms with van der Waals surface area (Å²) in [5.74, 6) is 0.126. The minimum Gasteiger partial charge on any atom is -0.339 e. The Hall–Kier alpha value is -2.99. The topological polar surface area (TPSA) is 54.3 Å². The van der Waals surface area contributed by atoms with Gasteiger partial charge in [0.15, 0.2) is 0 Å². The second kappa shape index (κ2) is 8.57. The Morgan fingerprint density at radius 3 is 2.52 bits per heavy atom. The third-order valence-electron chi connectivity index (χ3n) is 5.71. The van der Waals surface area contributed by atoms with Crippen LogP contribution in [0.2, 0.25) is 0 Å². The molecule has 0 radical (unpaired) electrons. The molecule has 1 aromatic carbocycles. The molecule has 0 N–H and O–H groups in total. The predicted octanol–water partition coefficient (Wildman–Crippen LogP) is 3.16. The first-order chi connectivity index (χ1) is 14.1. The van der Waals surface area contributed by atoms with Crippen LogP contribution >= 0.6 is 0 Å². The van der Waals surface area contributed by atoms with Crippen LogP contribution in [0.1, 0.15) is 24.2 Å². The maximum Gasteiger partial charge on any atom is 0.244 e. The van der Waals surface area contributed by atoms with Crippen molar-refractivity contribution in [2.45, 2.75) is 26.4 Å². The van der Waals surface area contributed by atoms with Gasteiger partial charge in [0, 0.05) is 56.4 Å². The minimum absolute atomic E-state index is 0.126. The van der Waals surface area contributed by atoms with Crippen LogP contribution in [0.4, 0.5) is 0 Å². The largest absolute Gasteiger partial charge is 0.339 e. The van der Waals surface area contributed by atoms with Crippen LogP contribution in [0.15, 0.2) is 61.1 Å². The van der Waals surface area contributed by atoms with E-state index < -0.39 is 0 Å². The van der Waals surface area contributed by atoms with E-state index in [0.29, 0.717) is 6.04 Å². The predicted molar refractivity (Wildman–Crippen MR) is 113 cm³/mol. The number of nitrogens with zero attached hydrogens (tertiary/aromatic N) is 5. The highest BCUT2D eigenvalue weighted by Gasteiger charge is 2.25. The SMILES string of the molecule is Cc1nn(CC(=O)N2CCN(C(C)c3cccnc3)CC2)cc1-c1ccccc1. The molecule has 4 rings (SSSR count). The lowest BCUT2D eigenvalue weighted by atomic mass is 10.1. The number of benzene rings is 1. The van der Waals surface area contributed by atoms with E-state index in [4.69, 9.17) is 0 Å². The monoisotopic (exact) mass is 389 g/mol. The summed E-state index contributed by atoms with van der Waals surface area (Å²) in [5, 5.41) is 4.56. The number of hydrogen-bond acceptors (Lipinski definition) is 4. The molecule has 2 aromatic heterocycles. The zero-order chi connectivity index (χ0) is 20.2. The van der Waals surface area contributed by atoms with E-state index in [0.717, 1.165) is 43.0 Å². The molecule has 0 bridgehead atoms. The lowest BCUT2D eigenvalue weighted by molar-refractivity contribution is -0.134. The first-order valence-corrected chi connectivity index (χ1v) is 10.1. The van der Waals surface area contributed by atoms with Gasteiger partial charge in [0.25, 0.3) is 0 Å². The summed E-state index contributed by atoms with van der Waals surface area (Å²) in [6.45, 7) is 7.70. The van der Waals surface area contributed by atoms with Crippen molar-refractivity contribution in [3.8, 4) is 11.1 Å². The summed E-state index contributed by atoms with van der Waals surface area (Å²) in [7, 11) is 0. The van der Waals surface area contributed by atoms with Crippen LogP contribution in [-0.4, -0.2) is 56.7 Å². The first-order valence-electron chi connectivity index (χ1n) is 10.1. The van der Waals surface area contributed by atoms with E-state index in [1.807, 2.05) is 48.5 Å². The van der Waals surface area contributed by atoms with Gasteiger partial charge in [-0.2, -0.15) is 5.10 Å². The fourth-order valence-electron chi connectivity index (χ4n) is 3.93. The van der Waals surface area contributed by atoms with Crippen molar-refractivity contribution in [1.29, 1.82) is 0 Å². The Morgan fingerprint density at radius 2 is 1.83 bits per heavy atom. The summed E-state index contributed by atoms with van der Waals surface area (Å²) >= 11 is 0. The van der Waals surface area contributed by atoms with Gasteiger partial charge >= 0.3 is 0 Å². The second-order valence-corrected chi connectivity index (χ2v) is 7.57. The zero-order valence-corrected chi connectivity index (χ0v) is 17.0. The Labute approximate surface area is 171 Å². The van der Waals surface area contributed by atoms with Crippen LogP contribution in [0, 0.1) is 6.92 Å². The summed E-state index contributed by atoms with van der Waals surface area (Å²) in [6, 6.07) is 14.6. The number of amides is 1. The molecule has 1 atom stereocenters. The van der Waals surface area contributed by atoms with E-state index in [1.165, 1.54) is 5.56 Å². The van der Waals surface area contributed by atoms with Crippen molar-refractivity contribution in [2.75, 3.05) is 26.2 Å². The lowest BCUT2D eigenvalue weighted by Crippen LogP contribution is -2.50. The van der Waals surface area contributed by atoms with Crippen molar-refractivity contribution < 1.29 is 4.79 Å². The maximum absolute atomic E-state index is 12.8. The number of carbonyl (C=O) groups excluding carboxylic acids is 1. The summed E-state index contributed by atoms with van der Waals surface area (Å²) in [5.41, 5.74) is 4.36. The van der Waals surface area contributed by atoms with Gasteiger partial charge in [0.1, 0.15) is 6.54 Å². The Kier molecular flexibility index (Phi) is 5.71. The molecule has 1 saturated heterocycles. The molecule has 6 nitrogen and oxygen atoms in total. The van der Waals surface area contributed by atoms with E-state index in [1.54, 1.807) is 10.9 Å². The van der Waals surface area contributed by atoms with Crippen LogP contribution in [0.5, 0.6) is 0 Å². The van der Waals surface area contributed by atoms with Crippen LogP contribution in [0.3, 0.4) is 0 Å². The molecule has 0 saturated carbocycles. The van der Waals surface area contributed by atoms with Gasteiger partial charge in [-0.1, -0.05) is 36.4 Å². The average molecular weight is 390 g/mol. The standard InChI is InChI=1S/C23H27N5O/c1-18-22(20-7-4-3-5-8-20)16-28(25-18)17-23(29)27-13-11-26(12-14-27)19(2)21-9-6-10-24-15-21/h3-10,15-16,19H,11-14,17H2,1-2H3. The number of pyridine rings is 1. The Balaban J connectivity index is 1.35. The van der Waals surface area contributed by atoms with Gasteiger partial charge < -0.3 is 4.90 Å². The normalized spacial score (nSPS) is 16.0. The number of rotatable bonds is 5. The van der Waals surface area contributed by atoms with Gasteiger partial charge in [0.2, 0.25) is 5.91 Å². The molecule has 3 heterocycles. The highest BCUT2D eigenvalue weighted by atomic mass is 16.2. The van der Waals surface area contributed by atoms with Gasteiger partial charge in [-0.25, -0.2) is 0 Å². The molecule has 1 amide bonds. The molecule has 1 unspecified atom stereocenters. The molecular weight excluding hydrogens is 362 g/mol.